The molecule has 1 aromatic carbocycles. The molecule has 1 N–H and O–H groups in total. The van der Waals surface area contributed by atoms with Crippen molar-refractivity contribution in [2.75, 3.05) is 30.5 Å². The summed E-state index contributed by atoms with van der Waals surface area (Å²) in [4.78, 5) is 51.2. The minimum atomic E-state index is -0.659. The van der Waals surface area contributed by atoms with Crippen molar-refractivity contribution in [2.45, 2.75) is 33.3 Å². The number of fused-ring (bicyclic) bond motifs is 1. The van der Waals surface area contributed by atoms with Crippen LogP contribution in [0.25, 0.3) is 0 Å². The highest BCUT2D eigenvalue weighted by Gasteiger charge is 2.31. The number of carbonyl (C=O) groups excluding carboxylic acids is 4. The molecule has 0 saturated heterocycles. The summed E-state index contributed by atoms with van der Waals surface area (Å²) in [6, 6.07) is 7.07. The predicted molar refractivity (Wildman–Crippen MR) is 118 cm³/mol. The zero-order valence-electron chi connectivity index (χ0n) is 18.2. The maximum Gasteiger partial charge on any atom is 0.341 e. The van der Waals surface area contributed by atoms with E-state index in [1.165, 1.54) is 23.3 Å². The summed E-state index contributed by atoms with van der Waals surface area (Å²) in [5, 5.41) is 2.94. The van der Waals surface area contributed by atoms with Crippen LogP contribution in [0, 0.1) is 13.8 Å². The van der Waals surface area contributed by atoms with Crippen LogP contribution in [0.4, 0.5) is 10.7 Å². The van der Waals surface area contributed by atoms with Crippen molar-refractivity contribution < 1.29 is 33.4 Å². The van der Waals surface area contributed by atoms with E-state index in [4.69, 9.17) is 14.2 Å². The van der Waals surface area contributed by atoms with Crippen molar-refractivity contribution in [1.82, 2.24) is 0 Å². The van der Waals surface area contributed by atoms with Crippen molar-refractivity contribution in [3.63, 3.8) is 0 Å². The Morgan fingerprint density at radius 1 is 1.22 bits per heavy atom. The highest BCUT2D eigenvalue weighted by molar-refractivity contribution is 7.16. The Balaban J connectivity index is 1.55. The number of nitrogens with one attached hydrogen (secondary N) is 1. The molecule has 1 aliphatic heterocycles. The van der Waals surface area contributed by atoms with Gasteiger partial charge in [-0.05, 0) is 38.5 Å². The van der Waals surface area contributed by atoms with Gasteiger partial charge in [0.05, 0.1) is 24.8 Å². The highest BCUT2D eigenvalue weighted by atomic mass is 32.1. The molecule has 10 heteroatoms. The van der Waals surface area contributed by atoms with Crippen LogP contribution in [0.15, 0.2) is 24.3 Å². The fraction of sp³-hybridized carbons (Fsp3) is 0.364. The molecule has 32 heavy (non-hydrogen) atoms. The number of amides is 2. The first-order valence-electron chi connectivity index (χ1n) is 9.93. The SMILES string of the molecule is COC(=O)c1c(NC(=O)COC(=O)CCN2C(=O)C(C)Oc3ccccc32)sc(C)c1C. The van der Waals surface area contributed by atoms with Gasteiger partial charge in [0.15, 0.2) is 12.7 Å². The minimum absolute atomic E-state index is 0.0926. The standard InChI is InChI=1S/C22H24N2O7S/c1-12-14(3)32-20(19(12)22(28)29-4)23-17(25)11-30-18(26)9-10-24-15-7-5-6-8-16(15)31-13(2)21(24)27/h5-8,13H,9-11H2,1-4H3,(H,23,25). The average Bonchev–Trinajstić information content (AvgIpc) is 3.04. The van der Waals surface area contributed by atoms with E-state index in [1.54, 1.807) is 38.1 Å². The van der Waals surface area contributed by atoms with Gasteiger partial charge in [0.1, 0.15) is 10.8 Å². The second-order valence-corrected chi connectivity index (χ2v) is 8.38. The van der Waals surface area contributed by atoms with Crippen molar-refractivity contribution >= 4 is 45.8 Å². The Morgan fingerprint density at radius 3 is 2.66 bits per heavy atom. The molecule has 0 radical (unpaired) electrons. The Bertz CT molecular complexity index is 1060. The average molecular weight is 461 g/mol. The first-order valence-corrected chi connectivity index (χ1v) is 10.8. The summed E-state index contributed by atoms with van der Waals surface area (Å²) in [7, 11) is 1.26. The van der Waals surface area contributed by atoms with Gasteiger partial charge in [-0.25, -0.2) is 4.79 Å². The molecule has 0 fully saturated rings. The molecule has 0 saturated carbocycles. The Labute approximate surface area is 189 Å². The molecule has 170 valence electrons. The van der Waals surface area contributed by atoms with Crippen LogP contribution in [0.2, 0.25) is 0 Å². The normalized spacial score (nSPS) is 14.9. The number of methoxy groups -OCH3 is 1. The molecule has 9 nitrogen and oxygen atoms in total. The second kappa shape index (κ2) is 9.82. The van der Waals surface area contributed by atoms with Crippen LogP contribution >= 0.6 is 11.3 Å². The predicted octanol–water partition coefficient (Wildman–Crippen LogP) is 2.84. The molecule has 3 rings (SSSR count). The summed E-state index contributed by atoms with van der Waals surface area (Å²) in [6.07, 6.45) is -0.751. The molecule has 1 atom stereocenters. The highest BCUT2D eigenvalue weighted by Crippen LogP contribution is 2.34. The third kappa shape index (κ3) is 4.91. The van der Waals surface area contributed by atoms with E-state index in [1.807, 2.05) is 6.92 Å². The topological polar surface area (TPSA) is 111 Å². The van der Waals surface area contributed by atoms with Crippen LogP contribution in [0.5, 0.6) is 5.75 Å². The summed E-state index contributed by atoms with van der Waals surface area (Å²) in [5.41, 5.74) is 1.59. The molecule has 1 unspecified atom stereocenters. The largest absolute Gasteiger partial charge is 0.479 e. The van der Waals surface area contributed by atoms with E-state index in [2.05, 4.69) is 5.32 Å². The molecule has 2 amide bonds. The fourth-order valence-corrected chi connectivity index (χ4v) is 4.30. The van der Waals surface area contributed by atoms with Gasteiger partial charge < -0.3 is 24.4 Å². The summed E-state index contributed by atoms with van der Waals surface area (Å²) in [5.74, 6) is -1.45. The smallest absolute Gasteiger partial charge is 0.341 e. The lowest BCUT2D eigenvalue weighted by atomic mass is 10.1. The summed E-state index contributed by atoms with van der Waals surface area (Å²) in [6.45, 7) is 4.82. The van der Waals surface area contributed by atoms with E-state index in [0.29, 0.717) is 16.4 Å². The number of hydrogen-bond donors (Lipinski definition) is 1. The first-order chi connectivity index (χ1) is 15.2. The van der Waals surface area contributed by atoms with Crippen LogP contribution < -0.4 is 15.0 Å². The molecular formula is C22H24N2O7S. The Morgan fingerprint density at radius 2 is 1.94 bits per heavy atom. The van der Waals surface area contributed by atoms with Crippen molar-refractivity contribution in [3.8, 4) is 5.75 Å². The number of para-hydroxylation sites is 2. The number of thiophene rings is 1. The van der Waals surface area contributed by atoms with Crippen LogP contribution in [-0.2, 0) is 23.9 Å². The van der Waals surface area contributed by atoms with Crippen LogP contribution in [-0.4, -0.2) is 50.1 Å². The quantitative estimate of drug-likeness (QED) is 0.633. The van der Waals surface area contributed by atoms with E-state index < -0.39 is 30.6 Å². The Kier molecular flexibility index (Phi) is 7.14. The summed E-state index contributed by atoms with van der Waals surface area (Å²) >= 11 is 1.24. The van der Waals surface area contributed by atoms with Gasteiger partial charge in [-0.1, -0.05) is 12.1 Å². The first kappa shape index (κ1) is 23.3. The lowest BCUT2D eigenvalue weighted by Gasteiger charge is -2.32. The van der Waals surface area contributed by atoms with Crippen molar-refractivity contribution in [1.29, 1.82) is 0 Å². The number of anilines is 2. The zero-order valence-corrected chi connectivity index (χ0v) is 19.0. The number of nitrogens with zero attached hydrogens (tertiary/aromatic N) is 1. The third-order valence-corrected chi connectivity index (χ3v) is 6.13. The molecule has 1 aromatic heterocycles. The monoisotopic (exact) mass is 460 g/mol. The molecule has 1 aliphatic rings. The molecular weight excluding hydrogens is 436 g/mol. The molecule has 0 spiro atoms. The lowest BCUT2D eigenvalue weighted by Crippen LogP contribution is -2.45. The van der Waals surface area contributed by atoms with Gasteiger partial charge in [-0.15, -0.1) is 11.3 Å². The maximum absolute atomic E-state index is 12.5. The number of rotatable bonds is 7. The van der Waals surface area contributed by atoms with Gasteiger partial charge in [0, 0.05) is 11.4 Å². The van der Waals surface area contributed by atoms with E-state index in [9.17, 15) is 19.2 Å². The van der Waals surface area contributed by atoms with Crippen molar-refractivity contribution in [2.24, 2.45) is 0 Å². The van der Waals surface area contributed by atoms with Gasteiger partial charge in [-0.2, -0.15) is 0 Å². The van der Waals surface area contributed by atoms with E-state index in [0.717, 1.165) is 10.4 Å². The number of hydrogen-bond acceptors (Lipinski definition) is 8. The fourth-order valence-electron chi connectivity index (χ4n) is 3.24. The van der Waals surface area contributed by atoms with Gasteiger partial charge in [0.25, 0.3) is 11.8 Å². The zero-order chi connectivity index (χ0) is 23.4. The van der Waals surface area contributed by atoms with E-state index in [-0.39, 0.29) is 24.4 Å². The Hall–Kier alpha value is -3.40. The second-order valence-electron chi connectivity index (χ2n) is 7.16. The lowest BCUT2D eigenvalue weighted by molar-refractivity contribution is -0.147. The number of esters is 2. The van der Waals surface area contributed by atoms with Gasteiger partial charge in [-0.3, -0.25) is 14.4 Å². The number of carbonyl (C=O) groups is 4. The van der Waals surface area contributed by atoms with Crippen molar-refractivity contribution in [3.05, 3.63) is 40.3 Å². The molecule has 2 heterocycles. The molecule has 0 bridgehead atoms. The van der Waals surface area contributed by atoms with E-state index >= 15 is 0 Å². The maximum atomic E-state index is 12.5. The molecule has 2 aromatic rings. The minimum Gasteiger partial charge on any atom is -0.479 e. The van der Waals surface area contributed by atoms with Gasteiger partial charge >= 0.3 is 11.9 Å². The number of ether oxygens (including phenoxy) is 3. The van der Waals surface area contributed by atoms with Crippen LogP contribution in [0.1, 0.15) is 34.1 Å². The van der Waals surface area contributed by atoms with Crippen LogP contribution in [0.3, 0.4) is 0 Å². The number of aryl methyl sites for hydroxylation is 1. The summed E-state index contributed by atoms with van der Waals surface area (Å²) < 4.78 is 15.4. The number of benzene rings is 1. The van der Waals surface area contributed by atoms with Gasteiger partial charge in [0.2, 0.25) is 0 Å². The third-order valence-electron chi connectivity index (χ3n) is 5.01. The molecule has 0 aliphatic carbocycles.